The van der Waals surface area contributed by atoms with Gasteiger partial charge in [0.2, 0.25) is 5.91 Å². The zero-order valence-corrected chi connectivity index (χ0v) is 18.3. The number of hydrogen-bond donors (Lipinski definition) is 0. The van der Waals surface area contributed by atoms with Gasteiger partial charge in [-0.25, -0.2) is 9.97 Å². The van der Waals surface area contributed by atoms with Crippen LogP contribution in [0.5, 0.6) is 0 Å². The van der Waals surface area contributed by atoms with Gasteiger partial charge in [0, 0.05) is 63.6 Å². The van der Waals surface area contributed by atoms with E-state index in [1.807, 2.05) is 13.1 Å². The first-order chi connectivity index (χ1) is 14.0. The second-order valence-corrected chi connectivity index (χ2v) is 9.10. The number of aromatic nitrogens is 2. The number of carbonyl (C=O) groups is 1. The number of piperidine rings is 2. The van der Waals surface area contributed by atoms with Crippen molar-refractivity contribution in [1.82, 2.24) is 24.7 Å². The van der Waals surface area contributed by atoms with Gasteiger partial charge in [0.25, 0.3) is 0 Å². The van der Waals surface area contributed by atoms with E-state index in [9.17, 15) is 4.79 Å². The van der Waals surface area contributed by atoms with Crippen molar-refractivity contribution in [2.45, 2.75) is 45.6 Å². The van der Waals surface area contributed by atoms with Crippen LogP contribution in [0.15, 0.2) is 6.20 Å². The molecule has 0 N–H and O–H groups in total. The van der Waals surface area contributed by atoms with Crippen LogP contribution in [-0.2, 0) is 4.79 Å². The molecular formula is C22H36N6O. The standard InChI is InChI=1S/C22H36N6O/c1-17-15-23-18(2)24-21(17)26-9-6-20(7-10-26)28-8-4-5-19(16-28)22(29)27-13-11-25(3)12-14-27/h15,19-20H,4-14,16H2,1-3H3. The van der Waals surface area contributed by atoms with Crippen molar-refractivity contribution in [3.8, 4) is 0 Å². The molecule has 7 heteroatoms. The summed E-state index contributed by atoms with van der Waals surface area (Å²) in [7, 11) is 2.14. The van der Waals surface area contributed by atoms with Crippen molar-refractivity contribution in [3.05, 3.63) is 17.6 Å². The molecule has 3 saturated heterocycles. The Morgan fingerprint density at radius 3 is 2.45 bits per heavy atom. The summed E-state index contributed by atoms with van der Waals surface area (Å²) in [5, 5.41) is 0. The summed E-state index contributed by atoms with van der Waals surface area (Å²) in [5.41, 5.74) is 1.16. The molecule has 0 aliphatic carbocycles. The number of nitrogens with zero attached hydrogens (tertiary/aromatic N) is 6. The molecule has 0 radical (unpaired) electrons. The fraction of sp³-hybridized carbons (Fsp3) is 0.773. The summed E-state index contributed by atoms with van der Waals surface area (Å²) < 4.78 is 0. The van der Waals surface area contributed by atoms with E-state index in [0.717, 1.165) is 95.2 Å². The molecule has 29 heavy (non-hydrogen) atoms. The lowest BCUT2D eigenvalue weighted by atomic mass is 9.92. The van der Waals surface area contributed by atoms with Crippen LogP contribution < -0.4 is 4.90 Å². The van der Waals surface area contributed by atoms with Crippen LogP contribution in [0.4, 0.5) is 5.82 Å². The number of piperazine rings is 1. The molecule has 1 amide bonds. The second kappa shape index (κ2) is 8.96. The third-order valence-corrected chi connectivity index (χ3v) is 6.96. The number of rotatable bonds is 3. The van der Waals surface area contributed by atoms with Crippen LogP contribution in [0.1, 0.15) is 37.1 Å². The molecule has 0 spiro atoms. The van der Waals surface area contributed by atoms with Crippen LogP contribution in [0.2, 0.25) is 0 Å². The minimum Gasteiger partial charge on any atom is -0.356 e. The molecule has 3 aliphatic heterocycles. The summed E-state index contributed by atoms with van der Waals surface area (Å²) in [6.45, 7) is 12.0. The quantitative estimate of drug-likeness (QED) is 0.767. The smallest absolute Gasteiger partial charge is 0.227 e. The average Bonchev–Trinajstić information content (AvgIpc) is 2.76. The Labute approximate surface area is 175 Å². The zero-order chi connectivity index (χ0) is 20.4. The maximum atomic E-state index is 13.1. The van der Waals surface area contributed by atoms with Crippen molar-refractivity contribution in [2.75, 3.05) is 64.3 Å². The predicted molar refractivity (Wildman–Crippen MR) is 115 cm³/mol. The van der Waals surface area contributed by atoms with Gasteiger partial charge in [-0.05, 0) is 53.1 Å². The van der Waals surface area contributed by atoms with Gasteiger partial charge in [0.05, 0.1) is 5.92 Å². The van der Waals surface area contributed by atoms with Crippen LogP contribution >= 0.6 is 0 Å². The summed E-state index contributed by atoms with van der Waals surface area (Å²) in [6, 6.07) is 0.595. The number of amides is 1. The lowest BCUT2D eigenvalue weighted by molar-refractivity contribution is -0.139. The molecule has 1 unspecified atom stereocenters. The van der Waals surface area contributed by atoms with E-state index in [0.29, 0.717) is 11.9 Å². The first-order valence-corrected chi connectivity index (χ1v) is 11.3. The minimum absolute atomic E-state index is 0.192. The topological polar surface area (TPSA) is 55.8 Å². The first kappa shape index (κ1) is 20.5. The van der Waals surface area contributed by atoms with Crippen LogP contribution in [0, 0.1) is 19.8 Å². The van der Waals surface area contributed by atoms with Gasteiger partial charge in [-0.3, -0.25) is 9.69 Å². The van der Waals surface area contributed by atoms with Crippen LogP contribution in [-0.4, -0.2) is 96.0 Å². The first-order valence-electron chi connectivity index (χ1n) is 11.3. The molecule has 0 saturated carbocycles. The van der Waals surface area contributed by atoms with E-state index < -0.39 is 0 Å². The van der Waals surface area contributed by atoms with E-state index in [2.05, 4.69) is 43.5 Å². The molecule has 4 heterocycles. The van der Waals surface area contributed by atoms with Gasteiger partial charge >= 0.3 is 0 Å². The van der Waals surface area contributed by atoms with Crippen LogP contribution in [0.3, 0.4) is 0 Å². The van der Waals surface area contributed by atoms with Gasteiger partial charge in [-0.1, -0.05) is 0 Å². The van der Waals surface area contributed by atoms with E-state index in [1.54, 1.807) is 0 Å². The van der Waals surface area contributed by atoms with Gasteiger partial charge in [0.15, 0.2) is 0 Å². The highest BCUT2D eigenvalue weighted by molar-refractivity contribution is 5.79. The highest BCUT2D eigenvalue weighted by Crippen LogP contribution is 2.27. The fourth-order valence-corrected chi connectivity index (χ4v) is 5.11. The predicted octanol–water partition coefficient (Wildman–Crippen LogP) is 1.55. The Kier molecular flexibility index (Phi) is 6.35. The average molecular weight is 401 g/mol. The maximum Gasteiger partial charge on any atom is 0.227 e. The SMILES string of the molecule is Cc1ncc(C)c(N2CCC(N3CCCC(C(=O)N4CCN(C)CC4)C3)CC2)n1. The third-order valence-electron chi connectivity index (χ3n) is 6.96. The van der Waals surface area contributed by atoms with Crippen molar-refractivity contribution >= 4 is 11.7 Å². The van der Waals surface area contributed by atoms with Crippen molar-refractivity contribution in [3.63, 3.8) is 0 Å². The molecule has 7 nitrogen and oxygen atoms in total. The number of anilines is 1. The number of hydrogen-bond acceptors (Lipinski definition) is 6. The Morgan fingerprint density at radius 2 is 1.72 bits per heavy atom. The third kappa shape index (κ3) is 4.72. The summed E-state index contributed by atoms with van der Waals surface area (Å²) >= 11 is 0. The Morgan fingerprint density at radius 1 is 1.00 bits per heavy atom. The number of aryl methyl sites for hydroxylation is 2. The van der Waals surface area contributed by atoms with Gasteiger partial charge in [-0.2, -0.15) is 0 Å². The maximum absolute atomic E-state index is 13.1. The summed E-state index contributed by atoms with van der Waals surface area (Å²) in [4.78, 5) is 31.5. The molecule has 4 rings (SSSR count). The Balaban J connectivity index is 1.31. The van der Waals surface area contributed by atoms with Crippen molar-refractivity contribution < 1.29 is 4.79 Å². The molecule has 0 aromatic carbocycles. The van der Waals surface area contributed by atoms with Crippen LogP contribution in [0.25, 0.3) is 0 Å². The van der Waals surface area contributed by atoms with Crippen molar-refractivity contribution in [2.24, 2.45) is 5.92 Å². The molecule has 1 atom stereocenters. The largest absolute Gasteiger partial charge is 0.356 e. The molecule has 0 bridgehead atoms. The van der Waals surface area contributed by atoms with Crippen molar-refractivity contribution in [1.29, 1.82) is 0 Å². The monoisotopic (exact) mass is 400 g/mol. The van der Waals surface area contributed by atoms with E-state index in [-0.39, 0.29) is 5.92 Å². The molecule has 3 aliphatic rings. The molecular weight excluding hydrogens is 364 g/mol. The lowest BCUT2D eigenvalue weighted by Crippen LogP contribution is -2.54. The molecule has 160 valence electrons. The van der Waals surface area contributed by atoms with E-state index in [1.165, 1.54) is 0 Å². The second-order valence-electron chi connectivity index (χ2n) is 9.10. The number of likely N-dealkylation sites (tertiary alicyclic amines) is 1. The Hall–Kier alpha value is -1.73. The molecule has 3 fully saturated rings. The Bertz CT molecular complexity index is 709. The zero-order valence-electron chi connectivity index (χ0n) is 18.3. The number of likely N-dealkylation sites (N-methyl/N-ethyl adjacent to an activating group) is 1. The molecule has 1 aromatic heterocycles. The summed E-state index contributed by atoms with van der Waals surface area (Å²) in [6.07, 6.45) is 6.44. The minimum atomic E-state index is 0.192. The van der Waals surface area contributed by atoms with Gasteiger partial charge in [-0.15, -0.1) is 0 Å². The highest BCUT2D eigenvalue weighted by Gasteiger charge is 2.34. The lowest BCUT2D eigenvalue weighted by Gasteiger charge is -2.43. The van der Waals surface area contributed by atoms with E-state index >= 15 is 0 Å². The highest BCUT2D eigenvalue weighted by atomic mass is 16.2. The summed E-state index contributed by atoms with van der Waals surface area (Å²) in [5.74, 6) is 2.52. The van der Waals surface area contributed by atoms with E-state index in [4.69, 9.17) is 0 Å². The van der Waals surface area contributed by atoms with Gasteiger partial charge in [0.1, 0.15) is 11.6 Å². The normalized spacial score (nSPS) is 25.4. The number of carbonyl (C=O) groups excluding carboxylic acids is 1. The molecule has 1 aromatic rings. The van der Waals surface area contributed by atoms with Gasteiger partial charge < -0.3 is 14.7 Å². The fourth-order valence-electron chi connectivity index (χ4n) is 5.11.